The summed E-state index contributed by atoms with van der Waals surface area (Å²) in [6.45, 7) is 7.29. The minimum atomic E-state index is -5.50. The molecule has 0 aliphatic rings. The van der Waals surface area contributed by atoms with E-state index in [1.54, 1.807) is 88.7 Å². The molecule has 0 atom stereocenters. The van der Waals surface area contributed by atoms with Crippen LogP contribution in [0.1, 0.15) is 107 Å². The molecule has 0 radical (unpaired) electrons. The third-order valence-electron chi connectivity index (χ3n) is 10.2. The molecule has 0 saturated carbocycles. The quantitative estimate of drug-likeness (QED) is 0.0777. The number of alkyl halides is 10. The Labute approximate surface area is 428 Å². The van der Waals surface area contributed by atoms with Crippen LogP contribution in [0, 0.1) is 0 Å². The van der Waals surface area contributed by atoms with Crippen molar-refractivity contribution < 1.29 is 91.5 Å². The Hall–Kier alpha value is -7.19. The van der Waals surface area contributed by atoms with Crippen LogP contribution in [-0.2, 0) is 15.1 Å². The van der Waals surface area contributed by atoms with E-state index in [2.05, 4.69) is 47.8 Å². The second-order valence-corrected chi connectivity index (χ2v) is 15.4. The number of halogens is 11. The number of carbonyl (C=O) groups excluding carboxylic acids is 4. The van der Waals surface area contributed by atoms with Crippen LogP contribution >= 0.6 is 0 Å². The van der Waals surface area contributed by atoms with E-state index in [1.807, 2.05) is 48.5 Å². The zero-order valence-corrected chi connectivity index (χ0v) is 42.6. The Balaban J connectivity index is 0.000000931. The summed E-state index contributed by atoms with van der Waals surface area (Å²) in [6, 6.07) is 41.6. The molecule has 0 heterocycles. The highest BCUT2D eigenvalue weighted by molar-refractivity contribution is 6.01. The molecule has 75 heavy (non-hydrogen) atoms. The topological polar surface area (TPSA) is 114 Å². The lowest BCUT2D eigenvalue weighted by molar-refractivity contribution is -0.237. The molecule has 0 spiro atoms. The Kier molecular flexibility index (Phi) is 31.7. The van der Waals surface area contributed by atoms with Crippen molar-refractivity contribution in [2.75, 3.05) is 41.7 Å². The second-order valence-electron chi connectivity index (χ2n) is 15.4. The maximum atomic E-state index is 11.2. The Morgan fingerprint density at radius 1 is 0.480 bits per heavy atom. The normalized spacial score (nSPS) is 10.5. The van der Waals surface area contributed by atoms with Crippen molar-refractivity contribution in [3.05, 3.63) is 167 Å². The maximum Gasteiger partial charge on any atom is 0.559 e. The molecule has 20 heteroatoms. The van der Waals surface area contributed by atoms with Gasteiger partial charge in [0.1, 0.15) is 23.0 Å². The van der Waals surface area contributed by atoms with E-state index in [-0.39, 0.29) is 35.2 Å². The molecular weight excluding hydrogens is 1010 g/mol. The van der Waals surface area contributed by atoms with Gasteiger partial charge in [0.2, 0.25) is 13.8 Å². The average molecular weight is 1070 g/mol. The van der Waals surface area contributed by atoms with Gasteiger partial charge in [0, 0.05) is 34.8 Å². The average Bonchev–Trinajstić information content (AvgIpc) is 3.38. The van der Waals surface area contributed by atoms with Crippen molar-refractivity contribution in [1.82, 2.24) is 0 Å². The van der Waals surface area contributed by atoms with Gasteiger partial charge >= 0.3 is 12.6 Å². The van der Waals surface area contributed by atoms with E-state index >= 15 is 0 Å². The zero-order valence-electron chi connectivity index (χ0n) is 42.6. The smallest absolute Gasteiger partial charge is 0.497 e. The van der Waals surface area contributed by atoms with Crippen molar-refractivity contribution in [2.45, 2.75) is 72.4 Å². The monoisotopic (exact) mass is 1070 g/mol. The molecule has 9 nitrogen and oxygen atoms in total. The third-order valence-corrected chi connectivity index (χ3v) is 10.2. The van der Waals surface area contributed by atoms with Crippen molar-refractivity contribution >= 4 is 33.9 Å². The summed E-state index contributed by atoms with van der Waals surface area (Å²) < 4.78 is 132. The lowest BCUT2D eigenvalue weighted by atomic mass is 9.74. The predicted molar refractivity (Wildman–Crippen MR) is 265 cm³/mol. The molecule has 0 saturated heterocycles. The number of benzene rings is 6. The second kappa shape index (κ2) is 35.1. The van der Waals surface area contributed by atoms with Gasteiger partial charge in [-0.2, -0.15) is 18.1 Å². The maximum absolute atomic E-state index is 11.2. The van der Waals surface area contributed by atoms with Crippen molar-refractivity contribution in [2.24, 2.45) is 0 Å². The molecule has 0 aliphatic carbocycles. The summed E-state index contributed by atoms with van der Waals surface area (Å²) in [5.41, 5.74) is 5.29. The highest BCUT2D eigenvalue weighted by Gasteiger charge is 2.27. The van der Waals surface area contributed by atoms with Crippen LogP contribution < -0.4 is 14.2 Å². The first-order valence-corrected chi connectivity index (χ1v) is 22.1. The molecule has 0 N–H and O–H groups in total. The molecular formula is C55H59F11O9. The number of ether oxygens (including phenoxy) is 4. The van der Waals surface area contributed by atoms with E-state index in [1.165, 1.54) is 32.1 Å². The first-order valence-electron chi connectivity index (χ1n) is 22.1. The van der Waals surface area contributed by atoms with Crippen LogP contribution in [0.15, 0.2) is 133 Å². The highest BCUT2D eigenvalue weighted by atomic mass is 19.5. The van der Waals surface area contributed by atoms with E-state index in [9.17, 15) is 67.6 Å². The summed E-state index contributed by atoms with van der Waals surface area (Å²) in [4.78, 5) is 47.1. The molecule has 0 bridgehead atoms. The fraction of sp³-hybridized carbons (Fsp3) is 0.309. The van der Waals surface area contributed by atoms with E-state index in [0.717, 1.165) is 28.7 Å². The van der Waals surface area contributed by atoms with E-state index < -0.39 is 32.8 Å². The molecule has 0 amide bonds. The van der Waals surface area contributed by atoms with Gasteiger partial charge in [-0.25, -0.2) is 13.2 Å². The molecule has 0 unspecified atom stereocenters. The van der Waals surface area contributed by atoms with Gasteiger partial charge in [-0.15, -0.1) is 17.6 Å². The molecule has 6 aromatic carbocycles. The SMILES string of the molecule is CC(=O)c1ccc(Oc2ccc(C(C)=O)cc2)cc1.CC(=O)c1ccc2cc(C(C)=O)ccc2c1.CCC(C)(c1ccc(OC)cc1)c1ccc(OC)cc1.COCCC(F)(F)F.FC(F)(F)F.FCF.FCOF. The Bertz CT molecular complexity index is 2420. The first-order chi connectivity index (χ1) is 35.2. The summed E-state index contributed by atoms with van der Waals surface area (Å²) in [5.74, 6) is 3.25. The van der Waals surface area contributed by atoms with Gasteiger partial charge in [-0.3, -0.25) is 19.2 Å². The Morgan fingerprint density at radius 3 is 0.973 bits per heavy atom. The largest absolute Gasteiger partial charge is 0.559 e. The number of methoxy groups -OCH3 is 3. The van der Waals surface area contributed by atoms with Crippen LogP contribution in [0.3, 0.4) is 0 Å². The fourth-order valence-electron chi connectivity index (χ4n) is 6.05. The Morgan fingerprint density at radius 2 is 0.760 bits per heavy atom. The van der Waals surface area contributed by atoms with Gasteiger partial charge in [0.15, 0.2) is 23.1 Å². The highest BCUT2D eigenvalue weighted by Crippen LogP contribution is 2.36. The van der Waals surface area contributed by atoms with Gasteiger partial charge in [-0.05, 0) is 145 Å². The zero-order chi connectivity index (χ0) is 57.4. The van der Waals surface area contributed by atoms with Crippen LogP contribution in [-0.4, -0.2) is 77.5 Å². The molecule has 0 fully saturated rings. The lowest BCUT2D eigenvalue weighted by Crippen LogP contribution is -2.22. The van der Waals surface area contributed by atoms with Crippen molar-refractivity contribution in [3.63, 3.8) is 0 Å². The number of ketones is 4. The molecule has 6 rings (SSSR count). The predicted octanol–water partition coefficient (Wildman–Crippen LogP) is 16.3. The number of rotatable bonds is 14. The number of fused-ring (bicyclic) bond motifs is 1. The molecule has 0 aliphatic heterocycles. The van der Waals surface area contributed by atoms with Gasteiger partial charge < -0.3 is 18.9 Å². The van der Waals surface area contributed by atoms with Gasteiger partial charge in [-0.1, -0.05) is 62.4 Å². The minimum Gasteiger partial charge on any atom is -0.497 e. The summed E-state index contributed by atoms with van der Waals surface area (Å²) in [7, 11) is 4.63. The van der Waals surface area contributed by atoms with Gasteiger partial charge in [0.25, 0.3) is 0 Å². The summed E-state index contributed by atoms with van der Waals surface area (Å²) in [6.07, 6.45) is -9.40. The lowest BCUT2D eigenvalue weighted by Gasteiger charge is -2.30. The minimum absolute atomic E-state index is 0.00145. The van der Waals surface area contributed by atoms with Crippen LogP contribution in [0.5, 0.6) is 23.0 Å². The number of hydrogen-bond donors (Lipinski definition) is 0. The van der Waals surface area contributed by atoms with Crippen LogP contribution in [0.4, 0.5) is 48.4 Å². The van der Waals surface area contributed by atoms with Crippen molar-refractivity contribution in [3.8, 4) is 23.0 Å². The van der Waals surface area contributed by atoms with Crippen molar-refractivity contribution in [1.29, 1.82) is 0 Å². The number of carbonyl (C=O) groups is 4. The van der Waals surface area contributed by atoms with E-state index in [4.69, 9.17) is 14.2 Å². The third kappa shape index (κ3) is 28.2. The van der Waals surface area contributed by atoms with Crippen LogP contribution in [0.25, 0.3) is 10.8 Å². The fourth-order valence-corrected chi connectivity index (χ4v) is 6.05. The molecule has 6 aromatic rings. The molecule has 410 valence electrons. The summed E-state index contributed by atoms with van der Waals surface area (Å²) >= 11 is 0. The number of hydrogen-bond acceptors (Lipinski definition) is 9. The first kappa shape index (κ1) is 67.8. The van der Waals surface area contributed by atoms with Gasteiger partial charge in [0.05, 0.1) is 27.2 Å². The standard InChI is InChI=1S/C18H22O2.C16H14O3.C14H12O2.C4H7F3O.CF4.CH2F2O.CH2F2/c1-5-18(2,14-6-10-16(19-3)11-7-14)15-8-12-17(20-4)13-9-15;1-11(17)13-3-7-15(8-4-13)19-16-9-5-14(6-10-16)12(2)18;1-9(15)11-3-5-14-8-12(10(2)16)4-6-13(14)7-11;1-8-3-2-4(5,6)7;2-1(3,4)5;2-1-4-3;2-1-3/h6-13H,5H2,1-4H3;3-10H,1-2H3;3-8H,1-2H3;2-3H2,1H3;;1H2;1H2. The summed E-state index contributed by atoms with van der Waals surface area (Å²) in [5, 5.41) is 1.97. The van der Waals surface area contributed by atoms with E-state index in [0.29, 0.717) is 33.8 Å². The number of Topliss-reactive ketones (excluding diaryl/α,β-unsaturated/α-hetero) is 4. The van der Waals surface area contributed by atoms with Crippen LogP contribution in [0.2, 0.25) is 0 Å². The molecule has 0 aromatic heterocycles.